The lowest BCUT2D eigenvalue weighted by Gasteiger charge is -2.40. The minimum Gasteiger partial charge on any atom is -0.479 e. The average molecular weight is 338 g/mol. The van der Waals surface area contributed by atoms with E-state index in [-0.39, 0.29) is 0 Å². The third-order valence-corrected chi connectivity index (χ3v) is 4.18. The first kappa shape index (κ1) is 17.0. The van der Waals surface area contributed by atoms with Crippen LogP contribution in [0.25, 0.3) is 6.08 Å². The van der Waals surface area contributed by atoms with Crippen LogP contribution in [0.5, 0.6) is 0 Å². The molecule has 0 aromatic heterocycles. The van der Waals surface area contributed by atoms with Crippen LogP contribution in [0.2, 0.25) is 0 Å². The Hall–Kier alpha value is -1.81. The van der Waals surface area contributed by atoms with Gasteiger partial charge in [-0.1, -0.05) is 36.4 Å². The fraction of sp³-hybridized carbons (Fsp3) is 0.438. The van der Waals surface area contributed by atoms with Crippen LogP contribution in [0, 0.1) is 0 Å². The van der Waals surface area contributed by atoms with Gasteiger partial charge >= 0.3 is 5.97 Å². The molecule has 1 aromatic carbocycles. The summed E-state index contributed by atoms with van der Waals surface area (Å²) in [7, 11) is 0. The van der Waals surface area contributed by atoms with Gasteiger partial charge in [0.05, 0.1) is 0 Å². The van der Waals surface area contributed by atoms with Crippen molar-refractivity contribution < 1.29 is 39.8 Å². The summed E-state index contributed by atoms with van der Waals surface area (Å²) < 4.78 is 10.7. The highest BCUT2D eigenvalue weighted by molar-refractivity contribution is 5.73. The van der Waals surface area contributed by atoms with Crippen LogP contribution in [0.1, 0.15) is 17.2 Å². The van der Waals surface area contributed by atoms with E-state index in [0.717, 1.165) is 5.56 Å². The van der Waals surface area contributed by atoms with E-state index in [4.69, 9.17) is 14.6 Å². The maximum absolute atomic E-state index is 11.1. The van der Waals surface area contributed by atoms with Gasteiger partial charge in [0.2, 0.25) is 0 Å². The monoisotopic (exact) mass is 338 g/mol. The van der Waals surface area contributed by atoms with Gasteiger partial charge in [-0.3, -0.25) is 0 Å². The average Bonchev–Trinajstić information content (AvgIpc) is 2.57. The first-order chi connectivity index (χ1) is 11.4. The van der Waals surface area contributed by atoms with Crippen LogP contribution in [0.3, 0.4) is 0 Å². The van der Waals surface area contributed by atoms with Crippen molar-refractivity contribution in [2.24, 2.45) is 0 Å². The summed E-state index contributed by atoms with van der Waals surface area (Å²) in [6.45, 7) is 0. The van der Waals surface area contributed by atoms with Crippen LogP contribution in [-0.4, -0.2) is 68.3 Å². The molecule has 1 aromatic rings. The van der Waals surface area contributed by atoms with Gasteiger partial charge in [-0.15, -0.1) is 0 Å². The summed E-state index contributed by atoms with van der Waals surface area (Å²) in [5, 5.41) is 48.7. The van der Waals surface area contributed by atoms with Gasteiger partial charge in [-0.25, -0.2) is 4.79 Å². The summed E-state index contributed by atoms with van der Waals surface area (Å²) in [6, 6.07) is 7.09. The number of carboxylic acid groups (broad SMARTS) is 1. The highest BCUT2D eigenvalue weighted by Crippen LogP contribution is 2.34. The SMILES string of the molecule is O=C(O)C1OC(OC2c3ccccc3C=CC2O)C(O)C(O)C1O. The number of benzene rings is 1. The molecule has 8 heteroatoms. The first-order valence-electron chi connectivity index (χ1n) is 7.43. The second kappa shape index (κ2) is 6.60. The van der Waals surface area contributed by atoms with Gasteiger partial charge in [-0.05, 0) is 11.1 Å². The molecule has 8 nitrogen and oxygen atoms in total. The maximum atomic E-state index is 11.1. The van der Waals surface area contributed by atoms with E-state index < -0.39 is 48.9 Å². The number of ether oxygens (including phenoxy) is 2. The van der Waals surface area contributed by atoms with Crippen LogP contribution < -0.4 is 0 Å². The zero-order chi connectivity index (χ0) is 17.4. The number of aliphatic hydroxyl groups is 4. The highest BCUT2D eigenvalue weighted by atomic mass is 16.7. The molecule has 2 aliphatic rings. The molecular weight excluding hydrogens is 320 g/mol. The number of rotatable bonds is 3. The highest BCUT2D eigenvalue weighted by Gasteiger charge is 2.48. The van der Waals surface area contributed by atoms with E-state index in [1.807, 2.05) is 12.1 Å². The summed E-state index contributed by atoms with van der Waals surface area (Å²) in [5.74, 6) is -1.49. The Labute approximate surface area is 137 Å². The van der Waals surface area contributed by atoms with Gasteiger partial charge < -0.3 is 35.0 Å². The minimum atomic E-state index is -1.79. The van der Waals surface area contributed by atoms with E-state index in [0.29, 0.717) is 5.56 Å². The van der Waals surface area contributed by atoms with Gasteiger partial charge in [0.25, 0.3) is 0 Å². The van der Waals surface area contributed by atoms with Crippen molar-refractivity contribution in [1.82, 2.24) is 0 Å². The number of hydrogen-bond donors (Lipinski definition) is 5. The molecule has 0 saturated carbocycles. The van der Waals surface area contributed by atoms with Gasteiger partial charge in [-0.2, -0.15) is 0 Å². The Morgan fingerprint density at radius 1 is 1.04 bits per heavy atom. The normalized spacial score (nSPS) is 38.6. The van der Waals surface area contributed by atoms with Crippen molar-refractivity contribution in [2.45, 2.75) is 42.9 Å². The number of hydrogen-bond acceptors (Lipinski definition) is 7. The maximum Gasteiger partial charge on any atom is 0.335 e. The molecule has 24 heavy (non-hydrogen) atoms. The molecule has 1 aliphatic heterocycles. The van der Waals surface area contributed by atoms with Crippen molar-refractivity contribution in [2.75, 3.05) is 0 Å². The molecule has 5 N–H and O–H groups in total. The zero-order valence-electron chi connectivity index (χ0n) is 12.5. The molecule has 1 saturated heterocycles. The van der Waals surface area contributed by atoms with Crippen molar-refractivity contribution in [1.29, 1.82) is 0 Å². The van der Waals surface area contributed by atoms with Gasteiger partial charge in [0, 0.05) is 0 Å². The van der Waals surface area contributed by atoms with E-state index in [2.05, 4.69) is 0 Å². The smallest absolute Gasteiger partial charge is 0.335 e. The number of aliphatic carboxylic acids is 1. The molecule has 0 radical (unpaired) electrons. The van der Waals surface area contributed by atoms with Crippen molar-refractivity contribution in [3.05, 3.63) is 41.5 Å². The fourth-order valence-electron chi connectivity index (χ4n) is 2.87. The predicted molar refractivity (Wildman–Crippen MR) is 79.6 cm³/mol. The van der Waals surface area contributed by atoms with E-state index in [1.54, 1.807) is 18.2 Å². The third-order valence-electron chi connectivity index (χ3n) is 4.18. The summed E-state index contributed by atoms with van der Waals surface area (Å²) >= 11 is 0. The second-order valence-corrected chi connectivity index (χ2v) is 5.77. The molecule has 1 heterocycles. The largest absolute Gasteiger partial charge is 0.479 e. The molecule has 1 fully saturated rings. The topological polar surface area (TPSA) is 137 Å². The number of fused-ring (bicyclic) bond motifs is 1. The van der Waals surface area contributed by atoms with Crippen LogP contribution >= 0.6 is 0 Å². The van der Waals surface area contributed by atoms with Crippen molar-refractivity contribution in [3.63, 3.8) is 0 Å². The van der Waals surface area contributed by atoms with Crippen LogP contribution in [0.15, 0.2) is 30.3 Å². The lowest BCUT2D eigenvalue weighted by molar-refractivity contribution is -0.310. The van der Waals surface area contributed by atoms with Crippen molar-refractivity contribution >= 4 is 12.0 Å². The third kappa shape index (κ3) is 2.95. The molecule has 3 rings (SSSR count). The van der Waals surface area contributed by atoms with E-state index in [9.17, 15) is 25.2 Å². The number of carbonyl (C=O) groups is 1. The standard InChI is InChI=1S/C16H18O8/c17-9-6-5-7-3-1-2-4-8(7)13(9)23-16-12(20)10(18)11(19)14(24-16)15(21)22/h1-6,9-14,16-20H,(H,21,22). The molecular formula is C16H18O8. The van der Waals surface area contributed by atoms with Crippen LogP contribution in [0.4, 0.5) is 0 Å². The second-order valence-electron chi connectivity index (χ2n) is 5.77. The Bertz CT molecular complexity index is 645. The van der Waals surface area contributed by atoms with Gasteiger partial charge in [0.15, 0.2) is 12.4 Å². The molecule has 0 spiro atoms. The molecule has 130 valence electrons. The lowest BCUT2D eigenvalue weighted by Crippen LogP contribution is -2.60. The summed E-state index contributed by atoms with van der Waals surface area (Å²) in [5.41, 5.74) is 1.43. The van der Waals surface area contributed by atoms with E-state index >= 15 is 0 Å². The Morgan fingerprint density at radius 3 is 2.46 bits per heavy atom. The summed E-state index contributed by atoms with van der Waals surface area (Å²) in [4.78, 5) is 11.1. The Morgan fingerprint density at radius 2 is 1.75 bits per heavy atom. The van der Waals surface area contributed by atoms with Crippen LogP contribution in [-0.2, 0) is 14.3 Å². The predicted octanol–water partition coefficient (Wildman–Crippen LogP) is -0.976. The molecule has 7 atom stereocenters. The first-order valence-corrected chi connectivity index (χ1v) is 7.43. The fourth-order valence-corrected chi connectivity index (χ4v) is 2.87. The Kier molecular flexibility index (Phi) is 4.68. The zero-order valence-corrected chi connectivity index (χ0v) is 12.5. The summed E-state index contributed by atoms with van der Waals surface area (Å²) in [6.07, 6.45) is -7.22. The molecule has 0 amide bonds. The molecule has 7 unspecified atom stereocenters. The van der Waals surface area contributed by atoms with Crippen molar-refractivity contribution in [3.8, 4) is 0 Å². The number of carboxylic acids is 1. The van der Waals surface area contributed by atoms with Gasteiger partial charge in [0.1, 0.15) is 30.5 Å². The Balaban J connectivity index is 1.84. The number of aliphatic hydroxyl groups excluding tert-OH is 4. The molecule has 0 bridgehead atoms. The van der Waals surface area contributed by atoms with E-state index in [1.165, 1.54) is 6.08 Å². The lowest BCUT2D eigenvalue weighted by atomic mass is 9.92. The minimum absolute atomic E-state index is 0.635. The molecule has 1 aliphatic carbocycles. The quantitative estimate of drug-likeness (QED) is 0.474.